The molecule has 0 aliphatic carbocycles. The molecule has 2 nitrogen and oxygen atoms in total. The van der Waals surface area contributed by atoms with Crippen LogP contribution in [0.25, 0.3) is 10.8 Å². The van der Waals surface area contributed by atoms with Gasteiger partial charge < -0.3 is 4.74 Å². The summed E-state index contributed by atoms with van der Waals surface area (Å²) in [5.74, 6) is -0.212. The maximum atomic E-state index is 12.1. The fraction of sp³-hybridized carbons (Fsp3) is 0.450. The van der Waals surface area contributed by atoms with Crippen LogP contribution in [0.4, 0.5) is 0 Å². The fourth-order valence-corrected chi connectivity index (χ4v) is 2.62. The van der Waals surface area contributed by atoms with Gasteiger partial charge in [0, 0.05) is 0 Å². The molecule has 0 aliphatic rings. The van der Waals surface area contributed by atoms with Crippen molar-refractivity contribution in [2.45, 2.75) is 52.4 Å². The lowest BCUT2D eigenvalue weighted by molar-refractivity contribution is 0.0498. The lowest BCUT2D eigenvalue weighted by Crippen LogP contribution is -2.06. The second-order valence-corrected chi connectivity index (χ2v) is 5.97. The Morgan fingerprint density at radius 1 is 0.909 bits per heavy atom. The molecule has 118 valence electrons. The molecular weight excluding hydrogens is 272 g/mol. The van der Waals surface area contributed by atoms with E-state index in [1.165, 1.54) is 31.2 Å². The standard InChI is InChI=1S/C20H26O2/c1-3-4-5-6-7-8-13-22-20(21)19-12-11-17-14-16(2)9-10-18(17)15-19/h9-12,14-15H,3-8,13H2,1-2H3. The van der Waals surface area contributed by atoms with E-state index in [1.807, 2.05) is 18.2 Å². The summed E-state index contributed by atoms with van der Waals surface area (Å²) >= 11 is 0. The first-order valence-electron chi connectivity index (χ1n) is 8.38. The third-order valence-corrected chi connectivity index (χ3v) is 3.96. The highest BCUT2D eigenvalue weighted by atomic mass is 16.5. The smallest absolute Gasteiger partial charge is 0.338 e. The van der Waals surface area contributed by atoms with Crippen LogP contribution >= 0.6 is 0 Å². The summed E-state index contributed by atoms with van der Waals surface area (Å²) < 4.78 is 5.37. The van der Waals surface area contributed by atoms with Crippen LogP contribution in [-0.2, 0) is 4.74 Å². The summed E-state index contributed by atoms with van der Waals surface area (Å²) in [4.78, 5) is 12.1. The van der Waals surface area contributed by atoms with Gasteiger partial charge in [-0.05, 0) is 36.2 Å². The molecule has 0 radical (unpaired) electrons. The molecule has 0 aromatic heterocycles. The molecule has 0 heterocycles. The lowest BCUT2D eigenvalue weighted by atomic mass is 10.0. The van der Waals surface area contributed by atoms with Gasteiger partial charge in [0.2, 0.25) is 0 Å². The van der Waals surface area contributed by atoms with Crippen molar-refractivity contribution in [2.75, 3.05) is 6.61 Å². The predicted octanol–water partition coefficient (Wildman–Crippen LogP) is 5.67. The Bertz CT molecular complexity index is 616. The van der Waals surface area contributed by atoms with Gasteiger partial charge in [0.15, 0.2) is 0 Å². The molecule has 0 N–H and O–H groups in total. The molecule has 22 heavy (non-hydrogen) atoms. The molecule has 2 rings (SSSR count). The zero-order valence-corrected chi connectivity index (χ0v) is 13.7. The molecule has 0 atom stereocenters. The summed E-state index contributed by atoms with van der Waals surface area (Å²) in [5.41, 5.74) is 1.87. The average molecular weight is 298 g/mol. The first-order chi connectivity index (χ1) is 10.7. The third-order valence-electron chi connectivity index (χ3n) is 3.96. The summed E-state index contributed by atoms with van der Waals surface area (Å²) in [5, 5.41) is 2.24. The molecule has 2 aromatic carbocycles. The van der Waals surface area contributed by atoms with Crippen LogP contribution < -0.4 is 0 Å². The summed E-state index contributed by atoms with van der Waals surface area (Å²) in [7, 11) is 0. The number of benzene rings is 2. The van der Waals surface area contributed by atoms with Crippen molar-refractivity contribution in [1.82, 2.24) is 0 Å². The van der Waals surface area contributed by atoms with E-state index >= 15 is 0 Å². The Morgan fingerprint density at radius 3 is 2.41 bits per heavy atom. The van der Waals surface area contributed by atoms with Crippen molar-refractivity contribution >= 4 is 16.7 Å². The van der Waals surface area contributed by atoms with E-state index in [9.17, 15) is 4.79 Å². The molecule has 0 aliphatic heterocycles. The molecule has 0 unspecified atom stereocenters. The summed E-state index contributed by atoms with van der Waals surface area (Å²) in [6.45, 7) is 4.81. The number of rotatable bonds is 8. The van der Waals surface area contributed by atoms with Gasteiger partial charge in [-0.15, -0.1) is 0 Å². The maximum Gasteiger partial charge on any atom is 0.338 e. The first kappa shape index (κ1) is 16.5. The topological polar surface area (TPSA) is 26.3 Å². The molecule has 2 heteroatoms. The number of fused-ring (bicyclic) bond motifs is 1. The normalized spacial score (nSPS) is 10.8. The zero-order valence-electron chi connectivity index (χ0n) is 13.7. The van der Waals surface area contributed by atoms with Crippen LogP contribution in [0, 0.1) is 6.92 Å². The molecule has 0 spiro atoms. The van der Waals surface area contributed by atoms with Crippen LogP contribution in [0.5, 0.6) is 0 Å². The van der Waals surface area contributed by atoms with Crippen LogP contribution in [0.15, 0.2) is 36.4 Å². The third kappa shape index (κ3) is 4.87. The van der Waals surface area contributed by atoms with E-state index in [4.69, 9.17) is 4.74 Å². The molecular formula is C20H26O2. The van der Waals surface area contributed by atoms with Crippen molar-refractivity contribution < 1.29 is 9.53 Å². The number of esters is 1. The average Bonchev–Trinajstić information content (AvgIpc) is 2.53. The lowest BCUT2D eigenvalue weighted by Gasteiger charge is -2.06. The molecule has 0 saturated heterocycles. The number of aryl methyl sites for hydroxylation is 1. The predicted molar refractivity (Wildman–Crippen MR) is 92.3 cm³/mol. The maximum absolute atomic E-state index is 12.1. The Labute approximate surface area is 133 Å². The number of carbonyl (C=O) groups excluding carboxylic acids is 1. The molecule has 0 bridgehead atoms. The Balaban J connectivity index is 1.81. The minimum Gasteiger partial charge on any atom is -0.462 e. The fourth-order valence-electron chi connectivity index (χ4n) is 2.62. The highest BCUT2D eigenvalue weighted by Gasteiger charge is 2.07. The molecule has 0 fully saturated rings. The van der Waals surface area contributed by atoms with Crippen LogP contribution in [-0.4, -0.2) is 12.6 Å². The summed E-state index contributed by atoms with van der Waals surface area (Å²) in [6, 6.07) is 12.0. The number of hydrogen-bond donors (Lipinski definition) is 0. The summed E-state index contributed by atoms with van der Waals surface area (Å²) in [6.07, 6.45) is 7.19. The van der Waals surface area contributed by atoms with Crippen molar-refractivity contribution in [3.05, 3.63) is 47.5 Å². The number of hydrogen-bond acceptors (Lipinski definition) is 2. The highest BCUT2D eigenvalue weighted by molar-refractivity contribution is 5.95. The first-order valence-corrected chi connectivity index (χ1v) is 8.38. The largest absolute Gasteiger partial charge is 0.462 e. The van der Waals surface area contributed by atoms with Gasteiger partial charge in [-0.2, -0.15) is 0 Å². The highest BCUT2D eigenvalue weighted by Crippen LogP contribution is 2.18. The van der Waals surface area contributed by atoms with E-state index in [1.54, 1.807) is 0 Å². The van der Waals surface area contributed by atoms with Gasteiger partial charge in [-0.25, -0.2) is 4.79 Å². The Kier molecular flexibility index (Phi) is 6.45. The van der Waals surface area contributed by atoms with E-state index < -0.39 is 0 Å². The second-order valence-electron chi connectivity index (χ2n) is 5.97. The second kappa shape index (κ2) is 8.57. The van der Waals surface area contributed by atoms with Crippen molar-refractivity contribution in [2.24, 2.45) is 0 Å². The van der Waals surface area contributed by atoms with Crippen LogP contribution in [0.2, 0.25) is 0 Å². The van der Waals surface area contributed by atoms with Crippen LogP contribution in [0.3, 0.4) is 0 Å². The SMILES string of the molecule is CCCCCCCCOC(=O)c1ccc2cc(C)ccc2c1. The van der Waals surface area contributed by atoms with E-state index in [2.05, 4.69) is 32.0 Å². The van der Waals surface area contributed by atoms with Gasteiger partial charge in [0.05, 0.1) is 12.2 Å². The van der Waals surface area contributed by atoms with Gasteiger partial charge in [0.25, 0.3) is 0 Å². The number of ether oxygens (including phenoxy) is 1. The molecule has 0 saturated carbocycles. The molecule has 0 amide bonds. The van der Waals surface area contributed by atoms with Gasteiger partial charge >= 0.3 is 5.97 Å². The van der Waals surface area contributed by atoms with E-state index in [-0.39, 0.29) is 5.97 Å². The van der Waals surface area contributed by atoms with Gasteiger partial charge in [0.1, 0.15) is 0 Å². The number of unbranched alkanes of at least 4 members (excludes halogenated alkanes) is 5. The van der Waals surface area contributed by atoms with Gasteiger partial charge in [-0.1, -0.05) is 68.9 Å². The van der Waals surface area contributed by atoms with Gasteiger partial charge in [-0.3, -0.25) is 0 Å². The van der Waals surface area contributed by atoms with E-state index in [0.29, 0.717) is 12.2 Å². The van der Waals surface area contributed by atoms with Crippen molar-refractivity contribution in [1.29, 1.82) is 0 Å². The van der Waals surface area contributed by atoms with Crippen molar-refractivity contribution in [3.8, 4) is 0 Å². The van der Waals surface area contributed by atoms with E-state index in [0.717, 1.165) is 23.6 Å². The minimum atomic E-state index is -0.212. The quantitative estimate of drug-likeness (QED) is 0.464. The Hall–Kier alpha value is -1.83. The minimum absolute atomic E-state index is 0.212. The zero-order chi connectivity index (χ0) is 15.8. The Morgan fingerprint density at radius 2 is 1.59 bits per heavy atom. The van der Waals surface area contributed by atoms with Crippen LogP contribution in [0.1, 0.15) is 61.4 Å². The monoisotopic (exact) mass is 298 g/mol. The van der Waals surface area contributed by atoms with Crippen molar-refractivity contribution in [3.63, 3.8) is 0 Å². The number of carbonyl (C=O) groups is 1. The molecule has 2 aromatic rings.